The molecule has 1 fully saturated rings. The summed E-state index contributed by atoms with van der Waals surface area (Å²) in [6.07, 6.45) is 4.54. The molecule has 2 amide bonds. The number of likely N-dealkylation sites (tertiary alicyclic amines) is 1. The summed E-state index contributed by atoms with van der Waals surface area (Å²) in [6, 6.07) is 1.69. The predicted octanol–water partition coefficient (Wildman–Crippen LogP) is 1.48. The fraction of sp³-hybridized carbons (Fsp3) is 0.462. The zero-order valence-electron chi connectivity index (χ0n) is 10.7. The number of hydrogen-bond donors (Lipinski definition) is 1. The van der Waals surface area contributed by atoms with Gasteiger partial charge in [0.05, 0.1) is 10.6 Å². The van der Waals surface area contributed by atoms with E-state index in [1.165, 1.54) is 6.20 Å². The van der Waals surface area contributed by atoms with E-state index in [9.17, 15) is 9.59 Å². The minimum absolute atomic E-state index is 0.0851. The summed E-state index contributed by atoms with van der Waals surface area (Å²) in [4.78, 5) is 28.9. The first-order chi connectivity index (χ1) is 9.08. The number of nitrogens with one attached hydrogen (secondary N) is 1. The Labute approximate surface area is 117 Å². The van der Waals surface area contributed by atoms with E-state index in [4.69, 9.17) is 11.6 Å². The molecule has 1 aliphatic heterocycles. The Morgan fingerprint density at radius 3 is 2.68 bits per heavy atom. The Balaban J connectivity index is 1.91. The molecule has 0 radical (unpaired) electrons. The molecule has 0 atom stereocenters. The summed E-state index contributed by atoms with van der Waals surface area (Å²) in [6.45, 7) is 2.93. The van der Waals surface area contributed by atoms with Gasteiger partial charge in [-0.1, -0.05) is 11.6 Å². The van der Waals surface area contributed by atoms with Crippen LogP contribution in [0.1, 0.15) is 30.1 Å². The van der Waals surface area contributed by atoms with Gasteiger partial charge in [-0.2, -0.15) is 0 Å². The largest absolute Gasteiger partial charge is 0.349 e. The Morgan fingerprint density at radius 2 is 2.11 bits per heavy atom. The van der Waals surface area contributed by atoms with Crippen molar-refractivity contribution in [2.75, 3.05) is 13.1 Å². The van der Waals surface area contributed by atoms with Crippen LogP contribution in [0.15, 0.2) is 18.5 Å². The van der Waals surface area contributed by atoms with Crippen molar-refractivity contribution in [3.8, 4) is 0 Å². The van der Waals surface area contributed by atoms with Gasteiger partial charge in [-0.3, -0.25) is 14.6 Å². The van der Waals surface area contributed by atoms with Crippen LogP contribution in [0.5, 0.6) is 0 Å². The maximum Gasteiger partial charge on any atom is 0.253 e. The molecule has 2 rings (SSSR count). The van der Waals surface area contributed by atoms with Crippen LogP contribution in [0, 0.1) is 0 Å². The predicted molar refractivity (Wildman–Crippen MR) is 72.0 cm³/mol. The van der Waals surface area contributed by atoms with Gasteiger partial charge in [-0.05, 0) is 18.9 Å². The second kappa shape index (κ2) is 6.02. The lowest BCUT2D eigenvalue weighted by Crippen LogP contribution is -2.46. The Kier molecular flexibility index (Phi) is 4.37. The monoisotopic (exact) mass is 281 g/mol. The lowest BCUT2D eigenvalue weighted by atomic mass is 10.0. The van der Waals surface area contributed by atoms with E-state index in [1.54, 1.807) is 24.1 Å². The van der Waals surface area contributed by atoms with Crippen molar-refractivity contribution in [1.29, 1.82) is 0 Å². The first-order valence-electron chi connectivity index (χ1n) is 6.24. The lowest BCUT2D eigenvalue weighted by Gasteiger charge is -2.31. The maximum atomic E-state index is 12.0. The number of halogens is 1. The average Bonchev–Trinajstić information content (AvgIpc) is 2.39. The van der Waals surface area contributed by atoms with Crippen molar-refractivity contribution in [1.82, 2.24) is 15.2 Å². The van der Waals surface area contributed by atoms with Crippen LogP contribution in [-0.2, 0) is 4.79 Å². The molecular weight excluding hydrogens is 266 g/mol. The molecule has 6 heteroatoms. The van der Waals surface area contributed by atoms with E-state index in [2.05, 4.69) is 10.3 Å². The highest BCUT2D eigenvalue weighted by molar-refractivity contribution is 6.33. The number of rotatable bonds is 2. The fourth-order valence-electron chi connectivity index (χ4n) is 2.16. The van der Waals surface area contributed by atoms with Gasteiger partial charge in [0.2, 0.25) is 5.91 Å². The van der Waals surface area contributed by atoms with Crippen molar-refractivity contribution >= 4 is 23.4 Å². The summed E-state index contributed by atoms with van der Waals surface area (Å²) < 4.78 is 0. The number of hydrogen-bond acceptors (Lipinski definition) is 3. The molecule has 1 N–H and O–H groups in total. The average molecular weight is 282 g/mol. The zero-order chi connectivity index (χ0) is 13.8. The smallest absolute Gasteiger partial charge is 0.253 e. The second-order valence-electron chi connectivity index (χ2n) is 4.61. The van der Waals surface area contributed by atoms with Crippen LogP contribution in [0.25, 0.3) is 0 Å². The minimum Gasteiger partial charge on any atom is -0.349 e. The molecule has 0 spiro atoms. The van der Waals surface area contributed by atoms with Gasteiger partial charge < -0.3 is 10.2 Å². The van der Waals surface area contributed by atoms with Gasteiger partial charge in [0.1, 0.15) is 0 Å². The summed E-state index contributed by atoms with van der Waals surface area (Å²) >= 11 is 5.93. The summed E-state index contributed by atoms with van der Waals surface area (Å²) in [5, 5.41) is 3.29. The van der Waals surface area contributed by atoms with Crippen LogP contribution in [-0.4, -0.2) is 40.8 Å². The molecular formula is C13H16ClN3O2. The highest BCUT2D eigenvalue weighted by Gasteiger charge is 2.22. The van der Waals surface area contributed by atoms with Crippen LogP contribution >= 0.6 is 11.6 Å². The standard InChI is InChI=1S/C13H16ClN3O2/c1-9(18)17-6-3-10(4-7-17)16-13(19)11-2-5-15-8-12(11)14/h2,5,8,10H,3-4,6-7H2,1H3,(H,16,19). The van der Waals surface area contributed by atoms with Gasteiger partial charge in [-0.15, -0.1) is 0 Å². The summed E-state index contributed by atoms with van der Waals surface area (Å²) in [7, 11) is 0. The Morgan fingerprint density at radius 1 is 1.42 bits per heavy atom. The summed E-state index contributed by atoms with van der Waals surface area (Å²) in [5.74, 6) is -0.101. The SMILES string of the molecule is CC(=O)N1CCC(NC(=O)c2ccncc2Cl)CC1. The van der Waals surface area contributed by atoms with Crippen LogP contribution < -0.4 is 5.32 Å². The van der Waals surface area contributed by atoms with E-state index in [-0.39, 0.29) is 17.9 Å². The van der Waals surface area contributed by atoms with E-state index in [0.29, 0.717) is 23.7 Å². The van der Waals surface area contributed by atoms with E-state index in [1.807, 2.05) is 0 Å². The van der Waals surface area contributed by atoms with Crippen molar-refractivity contribution in [2.24, 2.45) is 0 Å². The molecule has 0 unspecified atom stereocenters. The number of pyridine rings is 1. The minimum atomic E-state index is -0.186. The first kappa shape index (κ1) is 13.8. The summed E-state index contributed by atoms with van der Waals surface area (Å²) in [5.41, 5.74) is 0.436. The number of nitrogens with zero attached hydrogens (tertiary/aromatic N) is 2. The molecule has 2 heterocycles. The first-order valence-corrected chi connectivity index (χ1v) is 6.61. The third-order valence-corrected chi connectivity index (χ3v) is 3.59. The number of amides is 2. The number of piperidine rings is 1. The van der Waals surface area contributed by atoms with Crippen LogP contribution in [0.4, 0.5) is 0 Å². The molecule has 5 nitrogen and oxygen atoms in total. The van der Waals surface area contributed by atoms with Crippen molar-refractivity contribution < 1.29 is 9.59 Å². The van der Waals surface area contributed by atoms with Gasteiger partial charge in [0.25, 0.3) is 5.91 Å². The Bertz CT molecular complexity index is 485. The third kappa shape index (κ3) is 3.44. The molecule has 1 aromatic heterocycles. The number of carbonyl (C=O) groups excluding carboxylic acids is 2. The molecule has 1 saturated heterocycles. The molecule has 19 heavy (non-hydrogen) atoms. The number of aromatic nitrogens is 1. The molecule has 1 aliphatic rings. The topological polar surface area (TPSA) is 62.3 Å². The quantitative estimate of drug-likeness (QED) is 0.893. The molecule has 0 saturated carbocycles. The Hall–Kier alpha value is -1.62. The molecule has 0 bridgehead atoms. The second-order valence-corrected chi connectivity index (χ2v) is 5.02. The fourth-order valence-corrected chi connectivity index (χ4v) is 2.37. The van der Waals surface area contributed by atoms with Gasteiger partial charge >= 0.3 is 0 Å². The van der Waals surface area contributed by atoms with Gasteiger partial charge in [-0.25, -0.2) is 0 Å². The van der Waals surface area contributed by atoms with E-state index in [0.717, 1.165) is 12.8 Å². The maximum absolute atomic E-state index is 12.0. The molecule has 0 aliphatic carbocycles. The van der Waals surface area contributed by atoms with Crippen LogP contribution in [0.2, 0.25) is 5.02 Å². The van der Waals surface area contributed by atoms with Crippen LogP contribution in [0.3, 0.4) is 0 Å². The van der Waals surface area contributed by atoms with Crippen molar-refractivity contribution in [2.45, 2.75) is 25.8 Å². The lowest BCUT2D eigenvalue weighted by molar-refractivity contribution is -0.129. The van der Waals surface area contributed by atoms with Crippen molar-refractivity contribution in [3.63, 3.8) is 0 Å². The zero-order valence-corrected chi connectivity index (χ0v) is 11.5. The molecule has 102 valence electrons. The molecule has 1 aromatic rings. The van der Waals surface area contributed by atoms with E-state index < -0.39 is 0 Å². The highest BCUT2D eigenvalue weighted by atomic mass is 35.5. The normalized spacial score (nSPS) is 16.2. The highest BCUT2D eigenvalue weighted by Crippen LogP contribution is 2.15. The molecule has 0 aromatic carbocycles. The third-order valence-electron chi connectivity index (χ3n) is 3.29. The van der Waals surface area contributed by atoms with Crippen molar-refractivity contribution in [3.05, 3.63) is 29.0 Å². The van der Waals surface area contributed by atoms with Gasteiger partial charge in [0.15, 0.2) is 0 Å². The number of carbonyl (C=O) groups is 2. The van der Waals surface area contributed by atoms with E-state index >= 15 is 0 Å². The van der Waals surface area contributed by atoms with Gasteiger partial charge in [0, 0.05) is 38.4 Å².